The van der Waals surface area contributed by atoms with E-state index in [0.717, 1.165) is 32.5 Å². The van der Waals surface area contributed by atoms with E-state index in [1.54, 1.807) is 6.07 Å². The van der Waals surface area contributed by atoms with Gasteiger partial charge in [0.25, 0.3) is 0 Å². The number of hydrogen-bond acceptors (Lipinski definition) is 3. The van der Waals surface area contributed by atoms with Crippen LogP contribution in [0.2, 0.25) is 0 Å². The average Bonchev–Trinajstić information content (AvgIpc) is 2.88. The highest BCUT2D eigenvalue weighted by atomic mass is 32.2. The van der Waals surface area contributed by atoms with Gasteiger partial charge in [-0.25, -0.2) is 8.42 Å². The molecule has 0 saturated heterocycles. The number of nitrogens with one attached hydrogen (secondary N) is 1. The summed E-state index contributed by atoms with van der Waals surface area (Å²) in [5, 5.41) is 1.24. The van der Waals surface area contributed by atoms with E-state index in [9.17, 15) is 8.42 Å². The monoisotopic (exact) mass is 354 g/mol. The molecule has 1 aromatic heterocycles. The van der Waals surface area contributed by atoms with Crippen LogP contribution in [0.15, 0.2) is 53.4 Å². The highest BCUT2D eigenvalue weighted by Crippen LogP contribution is 2.22. The van der Waals surface area contributed by atoms with E-state index in [0.29, 0.717) is 4.90 Å². The second-order valence-corrected chi connectivity index (χ2v) is 8.88. The number of benzene rings is 2. The molecule has 4 rings (SSSR count). The second-order valence-electron chi connectivity index (χ2n) is 6.86. The summed E-state index contributed by atoms with van der Waals surface area (Å²) in [4.78, 5) is 6.35. The molecular weight excluding hydrogens is 332 g/mol. The maximum absolute atomic E-state index is 11.8. The van der Waals surface area contributed by atoms with Gasteiger partial charge < -0.3 is 4.98 Å². The first-order valence-corrected chi connectivity index (χ1v) is 10.5. The Morgan fingerprint density at radius 1 is 1.00 bits per heavy atom. The van der Waals surface area contributed by atoms with Crippen molar-refractivity contribution in [2.75, 3.05) is 19.3 Å². The van der Waals surface area contributed by atoms with Crippen molar-refractivity contribution in [2.24, 2.45) is 0 Å². The summed E-state index contributed by atoms with van der Waals surface area (Å²) in [5.41, 5.74) is 4.84. The Hall–Kier alpha value is -2.11. The smallest absolute Gasteiger partial charge is 0.175 e. The zero-order valence-corrected chi connectivity index (χ0v) is 15.1. The van der Waals surface area contributed by atoms with Crippen LogP contribution in [0, 0.1) is 0 Å². The van der Waals surface area contributed by atoms with E-state index in [2.05, 4.69) is 34.1 Å². The summed E-state index contributed by atoms with van der Waals surface area (Å²) >= 11 is 0. The Balaban J connectivity index is 1.51. The zero-order valence-electron chi connectivity index (χ0n) is 14.3. The minimum atomic E-state index is -3.14. The van der Waals surface area contributed by atoms with Crippen molar-refractivity contribution in [3.63, 3.8) is 0 Å². The van der Waals surface area contributed by atoms with Gasteiger partial charge in [0.05, 0.1) is 4.90 Å². The van der Waals surface area contributed by atoms with Crippen molar-refractivity contribution in [2.45, 2.75) is 24.3 Å². The van der Waals surface area contributed by atoms with E-state index >= 15 is 0 Å². The number of rotatable bonds is 3. The van der Waals surface area contributed by atoms with E-state index in [-0.39, 0.29) is 0 Å². The van der Waals surface area contributed by atoms with Gasteiger partial charge in [0.15, 0.2) is 9.84 Å². The van der Waals surface area contributed by atoms with Crippen LogP contribution in [0.5, 0.6) is 0 Å². The molecule has 1 aliphatic heterocycles. The molecule has 0 unspecified atom stereocenters. The fourth-order valence-electron chi connectivity index (χ4n) is 3.60. The van der Waals surface area contributed by atoms with Crippen LogP contribution in [-0.4, -0.2) is 37.6 Å². The minimum absolute atomic E-state index is 0.426. The molecule has 2 heterocycles. The lowest BCUT2D eigenvalue weighted by atomic mass is 10.0. The Bertz CT molecular complexity index is 988. The van der Waals surface area contributed by atoms with Gasteiger partial charge in [-0.3, -0.25) is 4.90 Å². The summed E-state index contributed by atoms with van der Waals surface area (Å²) in [5.74, 6) is 0. The predicted octanol–water partition coefficient (Wildman–Crippen LogP) is 3.17. The standard InChI is InChI=1S/C20H22N2O2S/c1-25(23,24)19-7-6-15-8-10-22(11-9-16(15)13-19)14-18-12-17-4-2-3-5-20(17)21-18/h2-7,12-13,21H,8-11,14H2,1H3. The lowest BCUT2D eigenvalue weighted by Gasteiger charge is -2.18. The fourth-order valence-corrected chi connectivity index (χ4v) is 4.27. The number of para-hydroxylation sites is 1. The zero-order chi connectivity index (χ0) is 17.4. The largest absolute Gasteiger partial charge is 0.357 e. The molecule has 25 heavy (non-hydrogen) atoms. The number of aromatic amines is 1. The Kier molecular flexibility index (Phi) is 4.13. The first-order chi connectivity index (χ1) is 12.0. The molecule has 0 amide bonds. The molecule has 0 aliphatic carbocycles. The Morgan fingerprint density at radius 2 is 1.76 bits per heavy atom. The molecule has 4 nitrogen and oxygen atoms in total. The van der Waals surface area contributed by atoms with Gasteiger partial charge in [-0.1, -0.05) is 24.3 Å². The summed E-state index contributed by atoms with van der Waals surface area (Å²) in [6.07, 6.45) is 3.12. The van der Waals surface area contributed by atoms with Gasteiger partial charge in [-0.2, -0.15) is 0 Å². The summed E-state index contributed by atoms with van der Waals surface area (Å²) < 4.78 is 23.6. The van der Waals surface area contributed by atoms with Crippen LogP contribution < -0.4 is 0 Å². The van der Waals surface area contributed by atoms with Crippen LogP contribution in [0.25, 0.3) is 10.9 Å². The highest BCUT2D eigenvalue weighted by molar-refractivity contribution is 7.90. The molecule has 0 radical (unpaired) electrons. The molecule has 2 aromatic carbocycles. The van der Waals surface area contributed by atoms with Gasteiger partial charge in [0, 0.05) is 37.1 Å². The first-order valence-electron chi connectivity index (χ1n) is 8.60. The molecule has 0 saturated carbocycles. The molecule has 0 spiro atoms. The van der Waals surface area contributed by atoms with Crippen LogP contribution in [0.3, 0.4) is 0 Å². The highest BCUT2D eigenvalue weighted by Gasteiger charge is 2.17. The number of sulfone groups is 1. The van der Waals surface area contributed by atoms with Gasteiger partial charge in [-0.15, -0.1) is 0 Å². The molecule has 130 valence electrons. The Labute approximate surface area is 148 Å². The van der Waals surface area contributed by atoms with Crippen molar-refractivity contribution in [3.05, 3.63) is 65.4 Å². The Morgan fingerprint density at radius 3 is 2.52 bits per heavy atom. The molecule has 5 heteroatoms. The van der Waals surface area contributed by atoms with Crippen LogP contribution in [0.1, 0.15) is 16.8 Å². The van der Waals surface area contributed by atoms with Crippen LogP contribution in [-0.2, 0) is 29.2 Å². The maximum Gasteiger partial charge on any atom is 0.175 e. The minimum Gasteiger partial charge on any atom is -0.357 e. The molecule has 0 fully saturated rings. The normalized spacial score (nSPS) is 15.9. The van der Waals surface area contributed by atoms with E-state index in [1.165, 1.54) is 34.0 Å². The molecular formula is C20H22N2O2S. The number of H-pyrrole nitrogens is 1. The average molecular weight is 354 g/mol. The quantitative estimate of drug-likeness (QED) is 0.786. The lowest BCUT2D eigenvalue weighted by Crippen LogP contribution is -2.26. The summed E-state index contributed by atoms with van der Waals surface area (Å²) in [7, 11) is -3.14. The van der Waals surface area contributed by atoms with E-state index < -0.39 is 9.84 Å². The third kappa shape index (κ3) is 3.48. The number of aromatic nitrogens is 1. The maximum atomic E-state index is 11.8. The van der Waals surface area contributed by atoms with Gasteiger partial charge >= 0.3 is 0 Å². The van der Waals surface area contributed by atoms with Crippen molar-refractivity contribution in [1.29, 1.82) is 0 Å². The second kappa shape index (κ2) is 6.32. The van der Waals surface area contributed by atoms with Crippen LogP contribution >= 0.6 is 0 Å². The number of fused-ring (bicyclic) bond motifs is 2. The van der Waals surface area contributed by atoms with E-state index in [4.69, 9.17) is 0 Å². The summed E-state index contributed by atoms with van der Waals surface area (Å²) in [6, 6.07) is 16.1. The fraction of sp³-hybridized carbons (Fsp3) is 0.300. The van der Waals surface area contributed by atoms with Crippen molar-refractivity contribution in [1.82, 2.24) is 9.88 Å². The van der Waals surface area contributed by atoms with Gasteiger partial charge in [0.2, 0.25) is 0 Å². The van der Waals surface area contributed by atoms with E-state index in [1.807, 2.05) is 18.2 Å². The molecule has 0 atom stereocenters. The van der Waals surface area contributed by atoms with Crippen LogP contribution in [0.4, 0.5) is 0 Å². The lowest BCUT2D eigenvalue weighted by molar-refractivity contribution is 0.276. The van der Waals surface area contributed by atoms with Crippen molar-refractivity contribution >= 4 is 20.7 Å². The molecule has 1 aliphatic rings. The predicted molar refractivity (Wildman–Crippen MR) is 101 cm³/mol. The SMILES string of the molecule is CS(=O)(=O)c1ccc2c(c1)CCN(Cc1cc3ccccc3[nH]1)CC2. The van der Waals surface area contributed by atoms with Crippen molar-refractivity contribution < 1.29 is 8.42 Å². The topological polar surface area (TPSA) is 53.2 Å². The molecule has 1 N–H and O–H groups in total. The number of hydrogen-bond donors (Lipinski definition) is 1. The molecule has 0 bridgehead atoms. The number of nitrogens with zero attached hydrogens (tertiary/aromatic N) is 1. The molecule has 3 aromatic rings. The third-order valence-corrected chi connectivity index (χ3v) is 6.09. The third-order valence-electron chi connectivity index (χ3n) is 4.98. The van der Waals surface area contributed by atoms with Gasteiger partial charge in [-0.05, 0) is 53.6 Å². The summed E-state index contributed by atoms with van der Waals surface area (Å²) in [6.45, 7) is 2.82. The van der Waals surface area contributed by atoms with Crippen molar-refractivity contribution in [3.8, 4) is 0 Å². The van der Waals surface area contributed by atoms with Gasteiger partial charge in [0.1, 0.15) is 0 Å². The first kappa shape index (κ1) is 16.4.